The second-order valence-corrected chi connectivity index (χ2v) is 6.04. The third-order valence-corrected chi connectivity index (χ3v) is 3.69. The van der Waals surface area contributed by atoms with Crippen LogP contribution in [-0.2, 0) is 14.2 Å². The summed E-state index contributed by atoms with van der Waals surface area (Å²) in [6.07, 6.45) is -0.997. The highest BCUT2D eigenvalue weighted by atomic mass is 16.7. The van der Waals surface area contributed by atoms with E-state index >= 15 is 0 Å². The Balaban J connectivity index is 1.71. The summed E-state index contributed by atoms with van der Waals surface area (Å²) in [7, 11) is 0. The van der Waals surface area contributed by atoms with Gasteiger partial charge in [-0.3, -0.25) is 0 Å². The van der Waals surface area contributed by atoms with E-state index in [1.807, 2.05) is 0 Å². The molecule has 0 saturated carbocycles. The number of hydrogen-bond acceptors (Lipinski definition) is 6. The van der Waals surface area contributed by atoms with Gasteiger partial charge in [0.05, 0.1) is 12.7 Å². The Morgan fingerprint density at radius 3 is 2.75 bits per heavy atom. The predicted octanol–water partition coefficient (Wildman–Crippen LogP) is -0.126. The Hall–Kier alpha value is -0.240. The number of hydrogen-bond donors (Lipinski definition) is 3. The molecular formula is C14H27NO5. The molecule has 1 unspecified atom stereocenters. The third-order valence-electron chi connectivity index (χ3n) is 3.69. The molecule has 2 rings (SSSR count). The van der Waals surface area contributed by atoms with Crippen molar-refractivity contribution in [2.24, 2.45) is 5.92 Å². The van der Waals surface area contributed by atoms with Gasteiger partial charge in [0.15, 0.2) is 6.29 Å². The highest BCUT2D eigenvalue weighted by Gasteiger charge is 2.43. The monoisotopic (exact) mass is 289 g/mol. The van der Waals surface area contributed by atoms with Gasteiger partial charge in [0, 0.05) is 13.2 Å². The zero-order chi connectivity index (χ0) is 14.5. The Labute approximate surface area is 120 Å². The Morgan fingerprint density at radius 2 is 2.10 bits per heavy atom. The van der Waals surface area contributed by atoms with Crippen LogP contribution in [-0.4, -0.2) is 67.2 Å². The number of rotatable bonds is 7. The SMILES string of the molecule is CC(C)CNC[C@@H]1O[C@@H](OCC2CCCO2)[C@H](O)[C@@H]1O. The molecule has 0 aromatic rings. The lowest BCUT2D eigenvalue weighted by Crippen LogP contribution is -2.39. The van der Waals surface area contributed by atoms with E-state index in [1.165, 1.54) is 0 Å². The highest BCUT2D eigenvalue weighted by Crippen LogP contribution is 2.23. The minimum atomic E-state index is -0.998. The van der Waals surface area contributed by atoms with Crippen LogP contribution in [0.4, 0.5) is 0 Å². The molecule has 0 aliphatic carbocycles. The quantitative estimate of drug-likeness (QED) is 0.606. The van der Waals surface area contributed by atoms with Crippen molar-refractivity contribution in [1.29, 1.82) is 0 Å². The normalized spacial score (nSPS) is 38.0. The summed E-state index contributed by atoms with van der Waals surface area (Å²) in [5, 5.41) is 23.1. The summed E-state index contributed by atoms with van der Waals surface area (Å²) in [6, 6.07) is 0. The van der Waals surface area contributed by atoms with Crippen molar-refractivity contribution in [3.63, 3.8) is 0 Å². The van der Waals surface area contributed by atoms with Crippen molar-refractivity contribution in [2.45, 2.75) is 57.4 Å². The molecule has 0 aromatic carbocycles. The van der Waals surface area contributed by atoms with Crippen molar-refractivity contribution in [3.8, 4) is 0 Å². The number of aliphatic hydroxyl groups excluding tert-OH is 2. The molecule has 2 fully saturated rings. The molecular weight excluding hydrogens is 262 g/mol. The second-order valence-electron chi connectivity index (χ2n) is 6.04. The zero-order valence-corrected chi connectivity index (χ0v) is 12.3. The lowest BCUT2D eigenvalue weighted by molar-refractivity contribution is -0.178. The fourth-order valence-electron chi connectivity index (χ4n) is 2.51. The van der Waals surface area contributed by atoms with Gasteiger partial charge in [0.2, 0.25) is 0 Å². The molecule has 6 heteroatoms. The van der Waals surface area contributed by atoms with Crippen LogP contribution in [0.25, 0.3) is 0 Å². The average molecular weight is 289 g/mol. The molecule has 3 N–H and O–H groups in total. The lowest BCUT2D eigenvalue weighted by atomic mass is 10.1. The van der Waals surface area contributed by atoms with Crippen LogP contribution in [0.3, 0.4) is 0 Å². The van der Waals surface area contributed by atoms with E-state index in [0.29, 0.717) is 19.1 Å². The highest BCUT2D eigenvalue weighted by molar-refractivity contribution is 4.88. The first kappa shape index (κ1) is 16.1. The van der Waals surface area contributed by atoms with Gasteiger partial charge in [-0.15, -0.1) is 0 Å². The van der Waals surface area contributed by atoms with Crippen LogP contribution in [0.5, 0.6) is 0 Å². The minimum absolute atomic E-state index is 0.0843. The van der Waals surface area contributed by atoms with Crippen molar-refractivity contribution in [2.75, 3.05) is 26.3 Å². The van der Waals surface area contributed by atoms with E-state index in [4.69, 9.17) is 14.2 Å². The fraction of sp³-hybridized carbons (Fsp3) is 1.00. The summed E-state index contributed by atoms with van der Waals surface area (Å²) < 4.78 is 16.6. The topological polar surface area (TPSA) is 80.2 Å². The number of ether oxygens (including phenoxy) is 3. The molecule has 0 bridgehead atoms. The molecule has 0 amide bonds. The zero-order valence-electron chi connectivity index (χ0n) is 12.3. The first-order valence-corrected chi connectivity index (χ1v) is 7.53. The summed E-state index contributed by atoms with van der Waals surface area (Å²) in [4.78, 5) is 0. The third kappa shape index (κ3) is 4.38. The fourth-order valence-corrected chi connectivity index (χ4v) is 2.51. The summed E-state index contributed by atoms with van der Waals surface area (Å²) >= 11 is 0. The van der Waals surface area contributed by atoms with Crippen LogP contribution in [0, 0.1) is 5.92 Å². The van der Waals surface area contributed by atoms with Crippen LogP contribution >= 0.6 is 0 Å². The van der Waals surface area contributed by atoms with Crippen LogP contribution in [0.15, 0.2) is 0 Å². The van der Waals surface area contributed by atoms with E-state index in [9.17, 15) is 10.2 Å². The van der Waals surface area contributed by atoms with Gasteiger partial charge in [-0.05, 0) is 25.3 Å². The lowest BCUT2D eigenvalue weighted by Gasteiger charge is -2.18. The average Bonchev–Trinajstić information content (AvgIpc) is 3.00. The molecule has 0 aromatic heterocycles. The van der Waals surface area contributed by atoms with E-state index in [2.05, 4.69) is 19.2 Å². The van der Waals surface area contributed by atoms with Crippen LogP contribution < -0.4 is 5.32 Å². The van der Waals surface area contributed by atoms with Crippen molar-refractivity contribution in [1.82, 2.24) is 5.32 Å². The van der Waals surface area contributed by atoms with E-state index in [-0.39, 0.29) is 6.10 Å². The van der Waals surface area contributed by atoms with Gasteiger partial charge in [0.25, 0.3) is 0 Å². The van der Waals surface area contributed by atoms with E-state index in [1.54, 1.807) is 0 Å². The van der Waals surface area contributed by atoms with Crippen molar-refractivity contribution < 1.29 is 24.4 Å². The number of nitrogens with one attached hydrogen (secondary N) is 1. The van der Waals surface area contributed by atoms with Gasteiger partial charge < -0.3 is 29.7 Å². The molecule has 2 saturated heterocycles. The van der Waals surface area contributed by atoms with E-state index < -0.39 is 24.6 Å². The molecule has 5 atom stereocenters. The smallest absolute Gasteiger partial charge is 0.186 e. The molecule has 0 spiro atoms. The van der Waals surface area contributed by atoms with Gasteiger partial charge in [-0.1, -0.05) is 13.8 Å². The maximum Gasteiger partial charge on any atom is 0.186 e. The van der Waals surface area contributed by atoms with Crippen molar-refractivity contribution >= 4 is 0 Å². The van der Waals surface area contributed by atoms with Gasteiger partial charge >= 0.3 is 0 Å². The molecule has 2 aliphatic rings. The van der Waals surface area contributed by atoms with Crippen LogP contribution in [0.1, 0.15) is 26.7 Å². The molecule has 2 aliphatic heterocycles. The maximum atomic E-state index is 9.96. The van der Waals surface area contributed by atoms with Crippen molar-refractivity contribution in [3.05, 3.63) is 0 Å². The molecule has 20 heavy (non-hydrogen) atoms. The standard InChI is InChI=1S/C14H27NO5/c1-9(2)6-15-7-11-12(16)13(17)14(20-11)19-8-10-4-3-5-18-10/h9-17H,3-8H2,1-2H3/t10?,11-,12+,13+,14+/m0/s1. The molecule has 0 radical (unpaired) electrons. The minimum Gasteiger partial charge on any atom is -0.387 e. The van der Waals surface area contributed by atoms with Gasteiger partial charge in [-0.25, -0.2) is 0 Å². The summed E-state index contributed by atoms with van der Waals surface area (Å²) in [6.45, 7) is 6.76. The maximum absolute atomic E-state index is 9.96. The Kier molecular flexibility index (Phi) is 6.20. The molecule has 6 nitrogen and oxygen atoms in total. The largest absolute Gasteiger partial charge is 0.387 e. The first-order valence-electron chi connectivity index (χ1n) is 7.53. The molecule has 2 heterocycles. The van der Waals surface area contributed by atoms with Gasteiger partial charge in [0.1, 0.15) is 18.3 Å². The summed E-state index contributed by atoms with van der Waals surface area (Å²) in [5.74, 6) is 0.532. The first-order chi connectivity index (χ1) is 9.58. The van der Waals surface area contributed by atoms with Crippen LogP contribution in [0.2, 0.25) is 0 Å². The number of aliphatic hydroxyl groups is 2. The van der Waals surface area contributed by atoms with Gasteiger partial charge in [-0.2, -0.15) is 0 Å². The molecule has 118 valence electrons. The predicted molar refractivity (Wildman–Crippen MR) is 73.3 cm³/mol. The second kappa shape index (κ2) is 7.68. The van der Waals surface area contributed by atoms with E-state index in [0.717, 1.165) is 26.0 Å². The summed E-state index contributed by atoms with van der Waals surface area (Å²) in [5.41, 5.74) is 0. The Morgan fingerprint density at radius 1 is 1.30 bits per heavy atom. The Bertz CT molecular complexity index is 283.